The van der Waals surface area contributed by atoms with Crippen LogP contribution in [0.3, 0.4) is 0 Å². The van der Waals surface area contributed by atoms with Gasteiger partial charge in [0.15, 0.2) is 0 Å². The summed E-state index contributed by atoms with van der Waals surface area (Å²) in [6.45, 7) is 4.59. The van der Waals surface area contributed by atoms with E-state index < -0.39 is 0 Å². The van der Waals surface area contributed by atoms with Crippen LogP contribution >= 0.6 is 0 Å². The quantitative estimate of drug-likeness (QED) is 0.515. The lowest BCUT2D eigenvalue weighted by Crippen LogP contribution is -2.44. The maximum Gasteiger partial charge on any atom is 0.0271 e. The van der Waals surface area contributed by atoms with Gasteiger partial charge < -0.3 is 0 Å². The van der Waals surface area contributed by atoms with Gasteiger partial charge in [-0.3, -0.25) is 0 Å². The third kappa shape index (κ3) is 2.63. The summed E-state index contributed by atoms with van der Waals surface area (Å²) in [6.07, 6.45) is 14.3. The van der Waals surface area contributed by atoms with Crippen molar-refractivity contribution in [2.45, 2.75) is 83.5 Å². The Hall–Kier alpha value is -1.56. The van der Waals surface area contributed by atoms with Crippen molar-refractivity contribution in [2.75, 3.05) is 0 Å². The molecule has 0 atom stereocenters. The van der Waals surface area contributed by atoms with Crippen molar-refractivity contribution in [3.8, 4) is 11.1 Å². The first-order chi connectivity index (χ1) is 13.2. The molecule has 0 N–H and O–H groups in total. The summed E-state index contributed by atoms with van der Waals surface area (Å²) >= 11 is 0. The topological polar surface area (TPSA) is 0 Å². The standard InChI is InChI=1S/C27H34/c1-19-13-15-23-24-16-14-20(2)18-26(24)27(25(23)17-19,21-9-5-3-6-10-21)22-11-7-4-8-12-22/h13-18,21-22H,3-12H2,1-2H3. The Balaban J connectivity index is 1.80. The van der Waals surface area contributed by atoms with E-state index in [4.69, 9.17) is 0 Å². The molecule has 142 valence electrons. The maximum atomic E-state index is 2.58. The average molecular weight is 359 g/mol. The molecule has 2 saturated carbocycles. The fraction of sp³-hybridized carbons (Fsp3) is 0.556. The largest absolute Gasteiger partial charge is 0.0587 e. The second-order valence-corrected chi connectivity index (χ2v) is 9.64. The van der Waals surface area contributed by atoms with Gasteiger partial charge in [-0.15, -0.1) is 0 Å². The fourth-order valence-corrected chi connectivity index (χ4v) is 6.94. The highest BCUT2D eigenvalue weighted by molar-refractivity contribution is 5.82. The van der Waals surface area contributed by atoms with Crippen molar-refractivity contribution < 1.29 is 0 Å². The van der Waals surface area contributed by atoms with Crippen molar-refractivity contribution in [2.24, 2.45) is 11.8 Å². The number of hydrogen-bond acceptors (Lipinski definition) is 0. The van der Waals surface area contributed by atoms with Gasteiger partial charge in [0, 0.05) is 5.41 Å². The zero-order valence-electron chi connectivity index (χ0n) is 17.2. The Morgan fingerprint density at radius 2 is 1.00 bits per heavy atom. The number of aryl methyl sites for hydroxylation is 2. The van der Waals surface area contributed by atoms with Crippen molar-refractivity contribution in [1.29, 1.82) is 0 Å². The van der Waals surface area contributed by atoms with Gasteiger partial charge in [-0.1, -0.05) is 86.1 Å². The minimum absolute atomic E-state index is 0.281. The van der Waals surface area contributed by atoms with E-state index in [1.807, 2.05) is 0 Å². The van der Waals surface area contributed by atoms with E-state index in [-0.39, 0.29) is 5.41 Å². The molecule has 2 fully saturated rings. The zero-order valence-corrected chi connectivity index (χ0v) is 17.2. The van der Waals surface area contributed by atoms with Crippen LogP contribution < -0.4 is 0 Å². The number of fused-ring (bicyclic) bond motifs is 3. The molecule has 0 bridgehead atoms. The van der Waals surface area contributed by atoms with Gasteiger partial charge in [-0.05, 0) is 73.6 Å². The molecule has 2 aromatic rings. The summed E-state index contributed by atoms with van der Waals surface area (Å²) in [5, 5.41) is 0. The predicted molar refractivity (Wildman–Crippen MR) is 115 cm³/mol. The molecule has 0 aromatic heterocycles. The molecule has 5 rings (SSSR count). The van der Waals surface area contributed by atoms with Crippen LogP contribution in [0.15, 0.2) is 36.4 Å². The summed E-state index contributed by atoms with van der Waals surface area (Å²) in [7, 11) is 0. The van der Waals surface area contributed by atoms with Gasteiger partial charge in [-0.25, -0.2) is 0 Å². The molecular formula is C27H34. The third-order valence-corrected chi connectivity index (χ3v) is 8.03. The molecule has 0 heteroatoms. The van der Waals surface area contributed by atoms with Crippen LogP contribution in [0, 0.1) is 25.7 Å². The van der Waals surface area contributed by atoms with E-state index in [1.165, 1.54) is 75.3 Å². The highest BCUT2D eigenvalue weighted by Gasteiger charge is 2.53. The zero-order chi connectivity index (χ0) is 18.4. The lowest BCUT2D eigenvalue weighted by atomic mass is 9.54. The van der Waals surface area contributed by atoms with E-state index in [0.29, 0.717) is 0 Å². The minimum Gasteiger partial charge on any atom is -0.0587 e. The highest BCUT2D eigenvalue weighted by atomic mass is 14.6. The summed E-state index contributed by atoms with van der Waals surface area (Å²) in [5.41, 5.74) is 9.65. The van der Waals surface area contributed by atoms with Crippen LogP contribution in [0.2, 0.25) is 0 Å². The van der Waals surface area contributed by atoms with Crippen LogP contribution in [-0.2, 0) is 5.41 Å². The van der Waals surface area contributed by atoms with E-state index >= 15 is 0 Å². The summed E-state index contributed by atoms with van der Waals surface area (Å²) in [6, 6.07) is 14.7. The van der Waals surface area contributed by atoms with Crippen LogP contribution in [0.25, 0.3) is 11.1 Å². The van der Waals surface area contributed by atoms with Gasteiger partial charge in [0.05, 0.1) is 0 Å². The Labute approximate surface area is 165 Å². The van der Waals surface area contributed by atoms with Crippen molar-refractivity contribution in [3.63, 3.8) is 0 Å². The molecule has 27 heavy (non-hydrogen) atoms. The number of hydrogen-bond donors (Lipinski definition) is 0. The Morgan fingerprint density at radius 3 is 1.41 bits per heavy atom. The maximum absolute atomic E-state index is 2.58. The second-order valence-electron chi connectivity index (χ2n) is 9.64. The van der Waals surface area contributed by atoms with Crippen molar-refractivity contribution >= 4 is 0 Å². The molecule has 3 aliphatic rings. The van der Waals surface area contributed by atoms with Gasteiger partial charge in [-0.2, -0.15) is 0 Å². The summed E-state index contributed by atoms with van der Waals surface area (Å²) in [4.78, 5) is 0. The monoisotopic (exact) mass is 358 g/mol. The molecule has 0 saturated heterocycles. The molecule has 0 radical (unpaired) electrons. The molecule has 0 unspecified atom stereocenters. The lowest BCUT2D eigenvalue weighted by Gasteiger charge is -2.49. The van der Waals surface area contributed by atoms with E-state index in [1.54, 1.807) is 22.3 Å². The van der Waals surface area contributed by atoms with Crippen molar-refractivity contribution in [3.05, 3.63) is 58.7 Å². The highest BCUT2D eigenvalue weighted by Crippen LogP contribution is 2.61. The molecule has 3 aliphatic carbocycles. The van der Waals surface area contributed by atoms with E-state index in [2.05, 4.69) is 50.2 Å². The second kappa shape index (κ2) is 6.80. The van der Waals surface area contributed by atoms with Gasteiger partial charge in [0.2, 0.25) is 0 Å². The van der Waals surface area contributed by atoms with Crippen LogP contribution in [0.1, 0.15) is 86.5 Å². The molecule has 0 nitrogen and oxygen atoms in total. The molecule has 0 aliphatic heterocycles. The van der Waals surface area contributed by atoms with E-state index in [0.717, 1.165) is 11.8 Å². The Kier molecular flexibility index (Phi) is 4.42. The lowest BCUT2D eigenvalue weighted by molar-refractivity contribution is 0.137. The third-order valence-electron chi connectivity index (χ3n) is 8.03. The predicted octanol–water partition coefficient (Wildman–Crippen LogP) is 7.73. The number of benzene rings is 2. The van der Waals surface area contributed by atoms with Gasteiger partial charge in [0.25, 0.3) is 0 Å². The van der Waals surface area contributed by atoms with Gasteiger partial charge >= 0.3 is 0 Å². The molecular weight excluding hydrogens is 324 g/mol. The molecule has 0 amide bonds. The van der Waals surface area contributed by atoms with Gasteiger partial charge in [0.1, 0.15) is 0 Å². The smallest absolute Gasteiger partial charge is 0.0271 e. The molecule has 0 heterocycles. The fourth-order valence-electron chi connectivity index (χ4n) is 6.94. The molecule has 2 aromatic carbocycles. The Morgan fingerprint density at radius 1 is 0.593 bits per heavy atom. The van der Waals surface area contributed by atoms with Crippen LogP contribution in [0.5, 0.6) is 0 Å². The summed E-state index contributed by atoms with van der Waals surface area (Å²) < 4.78 is 0. The molecule has 0 spiro atoms. The first kappa shape index (κ1) is 17.5. The SMILES string of the molecule is Cc1ccc2c(c1)C(C1CCCCC1)(C1CCCCC1)c1cc(C)ccc1-2. The van der Waals surface area contributed by atoms with Crippen molar-refractivity contribution in [1.82, 2.24) is 0 Å². The average Bonchev–Trinajstić information content (AvgIpc) is 2.99. The minimum atomic E-state index is 0.281. The first-order valence-electron chi connectivity index (χ1n) is 11.4. The van der Waals surface area contributed by atoms with E-state index in [9.17, 15) is 0 Å². The van der Waals surface area contributed by atoms with Crippen LogP contribution in [-0.4, -0.2) is 0 Å². The Bertz CT molecular complexity index is 760. The summed E-state index contributed by atoms with van der Waals surface area (Å²) in [5.74, 6) is 1.66. The first-order valence-corrected chi connectivity index (χ1v) is 11.4. The number of rotatable bonds is 2. The normalized spacial score (nSPS) is 22.4. The van der Waals surface area contributed by atoms with Crippen LogP contribution in [0.4, 0.5) is 0 Å².